The van der Waals surface area contributed by atoms with Gasteiger partial charge >= 0.3 is 0 Å². The van der Waals surface area contributed by atoms with E-state index in [1.54, 1.807) is 0 Å². The molecule has 0 fully saturated rings. The Morgan fingerprint density at radius 3 is 2.58 bits per heavy atom. The van der Waals surface area contributed by atoms with Crippen LogP contribution in [0.2, 0.25) is 0 Å². The maximum Gasteiger partial charge on any atom is 0.138 e. The number of aryl methyl sites for hydroxylation is 1. The van der Waals surface area contributed by atoms with E-state index in [1.165, 1.54) is 5.56 Å². The van der Waals surface area contributed by atoms with Crippen LogP contribution < -0.4 is 0 Å². The second kappa shape index (κ2) is 3.72. The highest BCUT2D eigenvalue weighted by molar-refractivity contribution is 5.25. The minimum Gasteiger partial charge on any atom is -0.361 e. The van der Waals surface area contributed by atoms with Gasteiger partial charge in [-0.05, 0) is 14.0 Å². The topological polar surface area (TPSA) is 29.3 Å². The van der Waals surface area contributed by atoms with Crippen molar-refractivity contribution >= 4 is 0 Å². The van der Waals surface area contributed by atoms with Gasteiger partial charge in [-0.1, -0.05) is 19.0 Å². The van der Waals surface area contributed by atoms with E-state index in [9.17, 15) is 0 Å². The average Bonchev–Trinajstić information content (AvgIpc) is 2.58. The van der Waals surface area contributed by atoms with Crippen molar-refractivity contribution < 1.29 is 4.52 Å². The summed E-state index contributed by atoms with van der Waals surface area (Å²) in [4.78, 5) is 2.22. The lowest BCUT2D eigenvalue weighted by Crippen LogP contribution is -2.08. The molecule has 0 spiro atoms. The highest BCUT2D eigenvalue weighted by Gasteiger charge is 2.21. The van der Waals surface area contributed by atoms with Gasteiger partial charge in [-0.2, -0.15) is 0 Å². The Morgan fingerprint density at radius 2 is 2.00 bits per heavy atom. The number of fused-ring (bicyclic) bond motifs is 1. The highest BCUT2D eigenvalue weighted by Crippen LogP contribution is 2.22. The molecule has 0 bridgehead atoms. The van der Waals surface area contributed by atoms with Crippen molar-refractivity contribution in [2.75, 3.05) is 7.05 Å². The van der Waals surface area contributed by atoms with Crippen LogP contribution in [0, 0.1) is 6.92 Å². The normalized spacial score (nSPS) is 15.3. The van der Waals surface area contributed by atoms with Gasteiger partial charge in [0.2, 0.25) is 0 Å². The molecule has 1 aliphatic heterocycles. The number of hydrogen-bond acceptors (Lipinski definition) is 3. The Bertz CT molecular complexity index is 255. The molecule has 0 unspecified atom stereocenters. The quantitative estimate of drug-likeness (QED) is 0.593. The fourth-order valence-electron chi connectivity index (χ4n) is 1.35. The molecule has 0 saturated carbocycles. The molecule has 0 amide bonds. The van der Waals surface area contributed by atoms with E-state index in [0.29, 0.717) is 0 Å². The van der Waals surface area contributed by atoms with E-state index in [-0.39, 0.29) is 0 Å². The summed E-state index contributed by atoms with van der Waals surface area (Å²) in [5.41, 5.74) is 2.39. The second-order valence-corrected chi connectivity index (χ2v) is 2.84. The van der Waals surface area contributed by atoms with Gasteiger partial charge in [0.05, 0.1) is 0 Å². The van der Waals surface area contributed by atoms with Crippen LogP contribution in [0.1, 0.15) is 30.9 Å². The number of aromatic nitrogens is 1. The highest BCUT2D eigenvalue weighted by atomic mass is 16.5. The zero-order chi connectivity index (χ0) is 9.14. The zero-order valence-corrected chi connectivity index (χ0v) is 8.22. The first-order valence-corrected chi connectivity index (χ1v) is 4.40. The lowest BCUT2D eigenvalue weighted by atomic mass is 10.2. The maximum atomic E-state index is 5.01. The van der Waals surface area contributed by atoms with Gasteiger partial charge in [-0.15, -0.1) is 0 Å². The van der Waals surface area contributed by atoms with Crippen LogP contribution in [0.4, 0.5) is 0 Å². The van der Waals surface area contributed by atoms with Crippen molar-refractivity contribution in [3.63, 3.8) is 0 Å². The van der Waals surface area contributed by atoms with E-state index >= 15 is 0 Å². The summed E-state index contributed by atoms with van der Waals surface area (Å²) in [6.07, 6.45) is 0. The van der Waals surface area contributed by atoms with Crippen LogP contribution in [0.25, 0.3) is 0 Å². The Hall–Kier alpha value is -0.830. The first-order valence-electron chi connectivity index (χ1n) is 4.40. The molecule has 2 rings (SSSR count). The van der Waals surface area contributed by atoms with Crippen molar-refractivity contribution in [2.45, 2.75) is 33.9 Å². The first-order chi connectivity index (χ1) is 5.77. The molecule has 0 saturated heterocycles. The molecule has 0 atom stereocenters. The summed E-state index contributed by atoms with van der Waals surface area (Å²) in [5, 5.41) is 3.93. The Labute approximate surface area is 73.3 Å². The summed E-state index contributed by atoms with van der Waals surface area (Å²) in [6, 6.07) is 0. The summed E-state index contributed by atoms with van der Waals surface area (Å²) >= 11 is 0. The number of rotatable bonds is 0. The Morgan fingerprint density at radius 1 is 1.33 bits per heavy atom. The minimum atomic E-state index is 0.937. The first kappa shape index (κ1) is 9.26. The SMILES string of the molecule is CC.Cc1onc2c1CN(C)C2. The van der Waals surface area contributed by atoms with Gasteiger partial charge in [0.1, 0.15) is 11.5 Å². The molecule has 1 aromatic heterocycles. The van der Waals surface area contributed by atoms with Gasteiger partial charge < -0.3 is 4.52 Å². The largest absolute Gasteiger partial charge is 0.361 e. The Balaban J connectivity index is 0.000000336. The molecule has 0 N–H and O–H groups in total. The molecule has 2 heterocycles. The van der Waals surface area contributed by atoms with Crippen molar-refractivity contribution in [1.82, 2.24) is 10.1 Å². The second-order valence-electron chi connectivity index (χ2n) is 2.84. The Kier molecular flexibility index (Phi) is 2.87. The summed E-state index contributed by atoms with van der Waals surface area (Å²) in [7, 11) is 2.08. The third kappa shape index (κ3) is 1.50. The third-order valence-electron chi connectivity index (χ3n) is 1.91. The lowest BCUT2D eigenvalue weighted by molar-refractivity contribution is 0.314. The smallest absolute Gasteiger partial charge is 0.138 e. The van der Waals surface area contributed by atoms with Crippen LogP contribution in [-0.4, -0.2) is 17.1 Å². The van der Waals surface area contributed by atoms with Crippen LogP contribution in [0.15, 0.2) is 4.52 Å². The van der Waals surface area contributed by atoms with E-state index in [4.69, 9.17) is 4.52 Å². The molecule has 68 valence electrons. The van der Waals surface area contributed by atoms with Gasteiger partial charge in [-0.3, -0.25) is 4.90 Å². The fourth-order valence-corrected chi connectivity index (χ4v) is 1.35. The molecule has 1 aliphatic rings. The molecule has 12 heavy (non-hydrogen) atoms. The molecular formula is C9H16N2O. The van der Waals surface area contributed by atoms with E-state index in [2.05, 4.69) is 17.1 Å². The lowest BCUT2D eigenvalue weighted by Gasteiger charge is -2.03. The zero-order valence-electron chi connectivity index (χ0n) is 8.22. The van der Waals surface area contributed by atoms with Crippen molar-refractivity contribution in [3.05, 3.63) is 17.0 Å². The fraction of sp³-hybridized carbons (Fsp3) is 0.667. The van der Waals surface area contributed by atoms with Gasteiger partial charge in [0.25, 0.3) is 0 Å². The summed E-state index contributed by atoms with van der Waals surface area (Å²) < 4.78 is 5.01. The van der Waals surface area contributed by atoms with Crippen LogP contribution >= 0.6 is 0 Å². The van der Waals surface area contributed by atoms with Gasteiger partial charge in [0.15, 0.2) is 0 Å². The monoisotopic (exact) mass is 168 g/mol. The van der Waals surface area contributed by atoms with E-state index < -0.39 is 0 Å². The van der Waals surface area contributed by atoms with Crippen LogP contribution in [0.3, 0.4) is 0 Å². The molecular weight excluding hydrogens is 152 g/mol. The summed E-state index contributed by atoms with van der Waals surface area (Å²) in [5.74, 6) is 0.972. The molecule has 0 aliphatic carbocycles. The third-order valence-corrected chi connectivity index (χ3v) is 1.91. The minimum absolute atomic E-state index is 0.937. The maximum absolute atomic E-state index is 5.01. The summed E-state index contributed by atoms with van der Waals surface area (Å²) in [6.45, 7) is 7.89. The van der Waals surface area contributed by atoms with Crippen molar-refractivity contribution in [1.29, 1.82) is 0 Å². The number of nitrogens with zero attached hydrogens (tertiary/aromatic N) is 2. The average molecular weight is 168 g/mol. The van der Waals surface area contributed by atoms with E-state index in [0.717, 1.165) is 24.5 Å². The molecule has 3 heteroatoms. The number of hydrogen-bond donors (Lipinski definition) is 0. The van der Waals surface area contributed by atoms with Gasteiger partial charge in [0, 0.05) is 18.7 Å². The van der Waals surface area contributed by atoms with Crippen molar-refractivity contribution in [2.24, 2.45) is 0 Å². The van der Waals surface area contributed by atoms with E-state index in [1.807, 2.05) is 20.8 Å². The van der Waals surface area contributed by atoms with Crippen molar-refractivity contribution in [3.8, 4) is 0 Å². The molecule has 0 radical (unpaired) electrons. The predicted molar refractivity (Wildman–Crippen MR) is 47.8 cm³/mol. The van der Waals surface area contributed by atoms with Crippen LogP contribution in [-0.2, 0) is 13.1 Å². The van der Waals surface area contributed by atoms with Gasteiger partial charge in [-0.25, -0.2) is 0 Å². The van der Waals surface area contributed by atoms with Crippen LogP contribution in [0.5, 0.6) is 0 Å². The standard InChI is InChI=1S/C7H10N2O.C2H6/c1-5-6-3-9(2)4-7(6)8-10-5;1-2/h3-4H2,1-2H3;1-2H3. The molecule has 3 nitrogen and oxygen atoms in total. The predicted octanol–water partition coefficient (Wildman–Crippen LogP) is 1.95. The molecule has 1 aromatic rings. The molecule has 0 aromatic carbocycles.